The molecule has 3 amide bonds. The molecule has 0 spiro atoms. The molecule has 5 atom stereocenters. The number of aliphatic carboxylic acids is 1. The van der Waals surface area contributed by atoms with E-state index < -0.39 is 53.1 Å². The first-order valence-corrected chi connectivity index (χ1v) is 17.7. The molecule has 0 bridgehead atoms. The molecule has 7 rings (SSSR count). The largest absolute Gasteiger partial charge is 0.479 e. The van der Waals surface area contributed by atoms with E-state index in [0.717, 1.165) is 34.1 Å². The summed E-state index contributed by atoms with van der Waals surface area (Å²) in [6.07, 6.45) is 5.73. The predicted molar refractivity (Wildman–Crippen MR) is 191 cm³/mol. The van der Waals surface area contributed by atoms with Gasteiger partial charge in [0.1, 0.15) is 23.2 Å². The summed E-state index contributed by atoms with van der Waals surface area (Å²) < 4.78 is 5.48. The average molecular weight is 707 g/mol. The summed E-state index contributed by atoms with van der Waals surface area (Å²) in [6.45, 7) is 5.24. The lowest BCUT2D eigenvalue weighted by Crippen LogP contribution is -2.56. The van der Waals surface area contributed by atoms with E-state index in [2.05, 4.69) is 20.9 Å². The number of tetrazole rings is 1. The first-order chi connectivity index (χ1) is 24.9. The van der Waals surface area contributed by atoms with Gasteiger partial charge in [0, 0.05) is 35.4 Å². The number of carbonyl (C=O) groups is 4. The van der Waals surface area contributed by atoms with Gasteiger partial charge in [-0.05, 0) is 63.8 Å². The van der Waals surface area contributed by atoms with Crippen molar-refractivity contribution in [2.45, 2.75) is 88.6 Å². The summed E-state index contributed by atoms with van der Waals surface area (Å²) in [6, 6.07) is 16.8. The van der Waals surface area contributed by atoms with E-state index in [0.29, 0.717) is 25.1 Å². The zero-order chi connectivity index (χ0) is 36.6. The number of alkyl carbamates (subject to hydrolysis) is 1. The Kier molecular flexibility index (Phi) is 9.24. The molecule has 2 aromatic carbocycles. The number of aromatic nitrogens is 5. The van der Waals surface area contributed by atoms with Gasteiger partial charge in [-0.3, -0.25) is 9.59 Å². The normalized spacial score (nSPS) is 25.1. The molecule has 52 heavy (non-hydrogen) atoms. The SMILES string of the molecule is CC(C)(C)OC(=O)N[C@H]1CCCCC=C[C@@H]2C[C@@]2(C(=O)O)NC(=O)[C@@H]2C[C@@H](n3nnc(-c4cc(-c5ccccc5)nc5ccccc45)n3)CN2C1=O. The fourth-order valence-corrected chi connectivity index (χ4v) is 7.12. The highest BCUT2D eigenvalue weighted by atomic mass is 16.6. The van der Waals surface area contributed by atoms with Crippen molar-refractivity contribution >= 4 is 34.8 Å². The number of para-hydroxylation sites is 1. The van der Waals surface area contributed by atoms with Crippen LogP contribution in [0, 0.1) is 5.92 Å². The van der Waals surface area contributed by atoms with Crippen molar-refractivity contribution in [2.75, 3.05) is 6.54 Å². The molecule has 2 fully saturated rings. The van der Waals surface area contributed by atoms with Crippen LogP contribution in [0.4, 0.5) is 4.79 Å². The Bertz CT molecular complexity index is 2040. The summed E-state index contributed by atoms with van der Waals surface area (Å²) in [5.74, 6) is -2.18. The highest BCUT2D eigenvalue weighted by Gasteiger charge is 2.61. The Morgan fingerprint density at radius 1 is 1.06 bits per heavy atom. The standard InChI is InChI=1S/C38H42N8O6/c1-37(2,3)52-36(51)40-29-18-10-5-4-9-15-24-21-38(24,35(49)50)41-33(47)31-19-25(22-45(31)34(29)48)46-43-32(42-44-46)27-20-30(23-13-7-6-8-14-23)39-28-17-12-11-16-26(27)28/h6-9,11-17,20,24-25,29,31H,4-5,10,18-19,21-22H2,1-3H3,(H,40,51)(H,41,47)(H,49,50)/t24-,25-,29+,31+,38-/m1/s1. The van der Waals surface area contributed by atoms with Gasteiger partial charge in [-0.25, -0.2) is 14.6 Å². The Hall–Kier alpha value is -5.66. The van der Waals surface area contributed by atoms with Gasteiger partial charge >= 0.3 is 12.1 Å². The minimum atomic E-state index is -1.45. The maximum Gasteiger partial charge on any atom is 0.408 e. The van der Waals surface area contributed by atoms with Crippen LogP contribution in [0.3, 0.4) is 0 Å². The molecule has 1 saturated heterocycles. The Balaban J connectivity index is 1.22. The summed E-state index contributed by atoms with van der Waals surface area (Å²) in [7, 11) is 0. The number of carboxylic acid groups (broad SMARTS) is 1. The van der Waals surface area contributed by atoms with E-state index in [1.807, 2.05) is 72.8 Å². The van der Waals surface area contributed by atoms with Gasteiger partial charge in [0.15, 0.2) is 0 Å². The lowest BCUT2D eigenvalue weighted by molar-refractivity contribution is -0.145. The van der Waals surface area contributed by atoms with E-state index in [1.54, 1.807) is 20.8 Å². The van der Waals surface area contributed by atoms with Crippen LogP contribution in [0.15, 0.2) is 72.8 Å². The van der Waals surface area contributed by atoms with E-state index in [-0.39, 0.29) is 25.3 Å². The predicted octanol–water partition coefficient (Wildman–Crippen LogP) is 4.68. The van der Waals surface area contributed by atoms with E-state index in [1.165, 1.54) is 9.70 Å². The third-order valence-corrected chi connectivity index (χ3v) is 9.86. The number of benzene rings is 2. The molecule has 14 heteroatoms. The number of carboxylic acids is 1. The number of hydrogen-bond donors (Lipinski definition) is 3. The Morgan fingerprint density at radius 3 is 2.60 bits per heavy atom. The van der Waals surface area contributed by atoms with Crippen LogP contribution in [-0.4, -0.2) is 88.8 Å². The molecule has 2 aliphatic heterocycles. The zero-order valence-corrected chi connectivity index (χ0v) is 29.4. The molecule has 270 valence electrons. The van der Waals surface area contributed by atoms with Crippen LogP contribution >= 0.6 is 0 Å². The molecule has 3 N–H and O–H groups in total. The second-order valence-corrected chi connectivity index (χ2v) is 14.8. The van der Waals surface area contributed by atoms with Crippen molar-refractivity contribution < 1.29 is 29.0 Å². The fraction of sp³-hybridized carbons (Fsp3) is 0.421. The second-order valence-electron chi connectivity index (χ2n) is 14.8. The lowest BCUT2D eigenvalue weighted by Gasteiger charge is -2.30. The van der Waals surface area contributed by atoms with Crippen LogP contribution in [0.5, 0.6) is 0 Å². The minimum Gasteiger partial charge on any atom is -0.479 e. The van der Waals surface area contributed by atoms with Crippen molar-refractivity contribution in [1.82, 2.24) is 40.7 Å². The van der Waals surface area contributed by atoms with Gasteiger partial charge in [-0.1, -0.05) is 67.1 Å². The lowest BCUT2D eigenvalue weighted by atomic mass is 10.0. The molecule has 1 saturated carbocycles. The monoisotopic (exact) mass is 706 g/mol. The van der Waals surface area contributed by atoms with Crippen LogP contribution in [0.2, 0.25) is 0 Å². The summed E-state index contributed by atoms with van der Waals surface area (Å²) in [5.41, 5.74) is 0.921. The van der Waals surface area contributed by atoms with Crippen LogP contribution < -0.4 is 10.6 Å². The number of carbonyl (C=O) groups excluding carboxylic acids is 3. The van der Waals surface area contributed by atoms with Crippen LogP contribution in [0.1, 0.15) is 65.3 Å². The molecular weight excluding hydrogens is 664 g/mol. The number of nitrogens with one attached hydrogen (secondary N) is 2. The molecule has 1 aliphatic carbocycles. The molecule has 4 heterocycles. The van der Waals surface area contributed by atoms with Crippen molar-refractivity contribution in [3.8, 4) is 22.6 Å². The number of rotatable bonds is 5. The maximum atomic E-state index is 14.3. The second kappa shape index (κ2) is 13.8. The smallest absolute Gasteiger partial charge is 0.408 e. The molecular formula is C38H42N8O6. The third-order valence-electron chi connectivity index (χ3n) is 9.86. The fourth-order valence-electron chi connectivity index (χ4n) is 7.12. The molecule has 0 unspecified atom stereocenters. The van der Waals surface area contributed by atoms with Crippen LogP contribution in [-0.2, 0) is 19.1 Å². The molecule has 0 radical (unpaired) electrons. The van der Waals surface area contributed by atoms with E-state index in [4.69, 9.17) is 14.8 Å². The van der Waals surface area contributed by atoms with Gasteiger partial charge in [-0.15, -0.1) is 10.2 Å². The number of hydrogen-bond acceptors (Lipinski definition) is 9. The summed E-state index contributed by atoms with van der Waals surface area (Å²) in [5, 5.41) is 30.1. The highest BCUT2D eigenvalue weighted by molar-refractivity contribution is 5.97. The number of nitrogens with zero attached hydrogens (tertiary/aromatic N) is 6. The number of pyridine rings is 1. The quantitative estimate of drug-likeness (QED) is 0.247. The van der Waals surface area contributed by atoms with Crippen molar-refractivity contribution in [2.24, 2.45) is 5.92 Å². The summed E-state index contributed by atoms with van der Waals surface area (Å²) >= 11 is 0. The van der Waals surface area contributed by atoms with Crippen molar-refractivity contribution in [3.63, 3.8) is 0 Å². The molecule has 14 nitrogen and oxygen atoms in total. The van der Waals surface area contributed by atoms with Crippen LogP contribution in [0.25, 0.3) is 33.5 Å². The van der Waals surface area contributed by atoms with Gasteiger partial charge in [0.05, 0.1) is 17.3 Å². The van der Waals surface area contributed by atoms with Gasteiger partial charge in [0.25, 0.3) is 0 Å². The molecule has 4 aromatic rings. The topological polar surface area (TPSA) is 182 Å². The Morgan fingerprint density at radius 2 is 1.83 bits per heavy atom. The first-order valence-electron chi connectivity index (χ1n) is 17.7. The number of amides is 3. The first kappa shape index (κ1) is 34.8. The molecule has 2 aromatic heterocycles. The van der Waals surface area contributed by atoms with Gasteiger partial charge < -0.3 is 25.4 Å². The third kappa shape index (κ3) is 7.10. The van der Waals surface area contributed by atoms with E-state index in [9.17, 15) is 24.3 Å². The summed E-state index contributed by atoms with van der Waals surface area (Å²) in [4.78, 5) is 61.4. The highest BCUT2D eigenvalue weighted by Crippen LogP contribution is 2.45. The maximum absolute atomic E-state index is 14.3. The minimum absolute atomic E-state index is 0.0367. The number of allylic oxidation sites excluding steroid dienone is 1. The zero-order valence-electron chi connectivity index (χ0n) is 29.4. The Labute approximate surface area is 300 Å². The molecule has 3 aliphatic rings. The van der Waals surface area contributed by atoms with Crippen molar-refractivity contribution in [3.05, 3.63) is 72.8 Å². The van der Waals surface area contributed by atoms with Crippen molar-refractivity contribution in [1.29, 1.82) is 0 Å². The van der Waals surface area contributed by atoms with Gasteiger partial charge in [0.2, 0.25) is 17.6 Å². The number of ether oxygens (including phenoxy) is 1. The average Bonchev–Trinajstić information content (AvgIpc) is 3.41. The number of fused-ring (bicyclic) bond motifs is 3. The van der Waals surface area contributed by atoms with Gasteiger partial charge in [-0.2, -0.15) is 4.80 Å². The van der Waals surface area contributed by atoms with E-state index >= 15 is 0 Å².